The first-order chi connectivity index (χ1) is 9.75. The van der Waals surface area contributed by atoms with Crippen molar-refractivity contribution in [1.82, 2.24) is 20.9 Å². The Hall–Kier alpha value is -1.44. The summed E-state index contributed by atoms with van der Waals surface area (Å²) in [4.78, 5) is 26.2. The lowest BCUT2D eigenvalue weighted by Gasteiger charge is -2.27. The van der Waals surface area contributed by atoms with Gasteiger partial charge in [-0.05, 0) is 11.4 Å². The highest BCUT2D eigenvalue weighted by atomic mass is 32.1. The molecule has 0 unspecified atom stereocenters. The van der Waals surface area contributed by atoms with Crippen LogP contribution in [0.3, 0.4) is 0 Å². The number of nitrogens with one attached hydrogen (secondary N) is 3. The standard InChI is InChI=1S/C13H20N4O2S/c18-12(10-16-13(19)11-2-1-9-20-11)15-5-8-17-6-3-14-4-7-17/h1-2,9,14H,3-8,10H2,(H,15,18)(H,16,19). The quantitative estimate of drug-likeness (QED) is 0.662. The highest BCUT2D eigenvalue weighted by Gasteiger charge is 2.10. The molecular weight excluding hydrogens is 276 g/mol. The Morgan fingerprint density at radius 2 is 2.10 bits per heavy atom. The zero-order valence-electron chi connectivity index (χ0n) is 11.4. The molecule has 0 saturated carbocycles. The van der Waals surface area contributed by atoms with Crippen LogP contribution in [-0.4, -0.2) is 62.5 Å². The Kier molecular flexibility index (Phi) is 5.97. The van der Waals surface area contributed by atoms with Crippen molar-refractivity contribution in [3.63, 3.8) is 0 Å². The number of thiophene rings is 1. The molecule has 0 bridgehead atoms. The molecule has 7 heteroatoms. The van der Waals surface area contributed by atoms with Gasteiger partial charge < -0.3 is 16.0 Å². The summed E-state index contributed by atoms with van der Waals surface area (Å²) >= 11 is 1.36. The van der Waals surface area contributed by atoms with Gasteiger partial charge in [0.15, 0.2) is 0 Å². The van der Waals surface area contributed by atoms with Crippen molar-refractivity contribution in [2.75, 3.05) is 45.8 Å². The molecule has 1 aromatic rings. The van der Waals surface area contributed by atoms with Gasteiger partial charge >= 0.3 is 0 Å². The lowest BCUT2D eigenvalue weighted by Crippen LogP contribution is -2.47. The summed E-state index contributed by atoms with van der Waals surface area (Å²) in [6, 6.07) is 3.55. The highest BCUT2D eigenvalue weighted by molar-refractivity contribution is 7.12. The second kappa shape index (κ2) is 7.98. The molecule has 110 valence electrons. The zero-order valence-corrected chi connectivity index (χ0v) is 12.2. The number of amides is 2. The predicted octanol–water partition coefficient (Wildman–Crippen LogP) is -0.501. The van der Waals surface area contributed by atoms with Crippen LogP contribution in [0.25, 0.3) is 0 Å². The lowest BCUT2D eigenvalue weighted by molar-refractivity contribution is -0.120. The monoisotopic (exact) mass is 296 g/mol. The van der Waals surface area contributed by atoms with Gasteiger partial charge in [-0.25, -0.2) is 0 Å². The van der Waals surface area contributed by atoms with E-state index >= 15 is 0 Å². The molecule has 0 radical (unpaired) electrons. The summed E-state index contributed by atoms with van der Waals surface area (Å²) in [5, 5.41) is 10.5. The summed E-state index contributed by atoms with van der Waals surface area (Å²) in [5.41, 5.74) is 0. The number of rotatable bonds is 6. The minimum atomic E-state index is -0.197. The summed E-state index contributed by atoms with van der Waals surface area (Å²) < 4.78 is 0. The molecule has 1 fully saturated rings. The van der Waals surface area contributed by atoms with Gasteiger partial charge in [0.1, 0.15) is 0 Å². The maximum atomic E-state index is 11.6. The van der Waals surface area contributed by atoms with Crippen LogP contribution in [-0.2, 0) is 4.79 Å². The first-order valence-corrected chi connectivity index (χ1v) is 7.65. The first-order valence-electron chi connectivity index (χ1n) is 6.77. The molecule has 0 aliphatic carbocycles. The molecule has 2 amide bonds. The van der Waals surface area contributed by atoms with E-state index in [1.807, 2.05) is 11.4 Å². The van der Waals surface area contributed by atoms with E-state index in [0.717, 1.165) is 32.7 Å². The van der Waals surface area contributed by atoms with Crippen LogP contribution in [0.5, 0.6) is 0 Å². The molecule has 1 aromatic heterocycles. The van der Waals surface area contributed by atoms with Crippen LogP contribution in [0.4, 0.5) is 0 Å². The van der Waals surface area contributed by atoms with Crippen LogP contribution in [0.15, 0.2) is 17.5 Å². The molecule has 2 heterocycles. The molecule has 1 aliphatic heterocycles. The van der Waals surface area contributed by atoms with Crippen LogP contribution >= 0.6 is 11.3 Å². The van der Waals surface area contributed by atoms with E-state index in [1.165, 1.54) is 11.3 Å². The molecule has 3 N–H and O–H groups in total. The minimum absolute atomic E-state index is 0.0261. The van der Waals surface area contributed by atoms with Crippen molar-refractivity contribution in [1.29, 1.82) is 0 Å². The van der Waals surface area contributed by atoms with Crippen LogP contribution in [0, 0.1) is 0 Å². The van der Waals surface area contributed by atoms with E-state index in [-0.39, 0.29) is 18.4 Å². The van der Waals surface area contributed by atoms with Crippen LogP contribution < -0.4 is 16.0 Å². The van der Waals surface area contributed by atoms with Gasteiger partial charge in [-0.1, -0.05) is 6.07 Å². The second-order valence-electron chi connectivity index (χ2n) is 4.60. The van der Waals surface area contributed by atoms with E-state index in [1.54, 1.807) is 6.07 Å². The van der Waals surface area contributed by atoms with Crippen LogP contribution in [0.2, 0.25) is 0 Å². The number of hydrogen-bond acceptors (Lipinski definition) is 5. The van der Waals surface area contributed by atoms with Crippen molar-refractivity contribution < 1.29 is 9.59 Å². The zero-order chi connectivity index (χ0) is 14.2. The SMILES string of the molecule is O=C(CNC(=O)c1cccs1)NCCN1CCNCC1. The molecule has 2 rings (SSSR count). The molecule has 1 saturated heterocycles. The molecule has 20 heavy (non-hydrogen) atoms. The van der Waals surface area contributed by atoms with Gasteiger partial charge in [0.05, 0.1) is 11.4 Å². The summed E-state index contributed by atoms with van der Waals surface area (Å²) in [7, 11) is 0. The highest BCUT2D eigenvalue weighted by Crippen LogP contribution is 2.07. The third-order valence-electron chi connectivity index (χ3n) is 3.11. The molecular formula is C13H20N4O2S. The molecule has 0 spiro atoms. The number of piperazine rings is 1. The van der Waals surface area contributed by atoms with Crippen molar-refractivity contribution in [3.05, 3.63) is 22.4 Å². The number of hydrogen-bond donors (Lipinski definition) is 3. The fourth-order valence-electron chi connectivity index (χ4n) is 2.01. The van der Waals surface area contributed by atoms with Crippen molar-refractivity contribution in [2.45, 2.75) is 0 Å². The summed E-state index contributed by atoms with van der Waals surface area (Å²) in [5.74, 6) is -0.345. The van der Waals surface area contributed by atoms with Gasteiger partial charge in [0.2, 0.25) is 5.91 Å². The molecule has 0 atom stereocenters. The number of carbonyl (C=O) groups excluding carboxylic acids is 2. The fraction of sp³-hybridized carbons (Fsp3) is 0.538. The average Bonchev–Trinajstić information content (AvgIpc) is 3.00. The Labute approximate surface area is 122 Å². The van der Waals surface area contributed by atoms with Crippen molar-refractivity contribution in [2.24, 2.45) is 0 Å². The summed E-state index contributed by atoms with van der Waals surface area (Å²) in [6.45, 7) is 5.55. The van der Waals surface area contributed by atoms with Gasteiger partial charge in [-0.2, -0.15) is 0 Å². The average molecular weight is 296 g/mol. The van der Waals surface area contributed by atoms with Gasteiger partial charge in [0.25, 0.3) is 5.91 Å². The number of carbonyl (C=O) groups is 2. The third-order valence-corrected chi connectivity index (χ3v) is 3.98. The lowest BCUT2D eigenvalue weighted by atomic mass is 10.3. The van der Waals surface area contributed by atoms with E-state index in [0.29, 0.717) is 11.4 Å². The Morgan fingerprint density at radius 1 is 1.30 bits per heavy atom. The molecule has 1 aliphatic rings. The maximum absolute atomic E-state index is 11.6. The molecule has 0 aromatic carbocycles. The first kappa shape index (κ1) is 15.0. The molecule has 6 nitrogen and oxygen atoms in total. The maximum Gasteiger partial charge on any atom is 0.261 e. The minimum Gasteiger partial charge on any atom is -0.353 e. The topological polar surface area (TPSA) is 73.5 Å². The van der Waals surface area contributed by atoms with E-state index in [2.05, 4.69) is 20.9 Å². The Bertz CT molecular complexity index is 430. The largest absolute Gasteiger partial charge is 0.353 e. The normalized spacial score (nSPS) is 15.8. The van der Waals surface area contributed by atoms with E-state index in [4.69, 9.17) is 0 Å². The predicted molar refractivity (Wildman–Crippen MR) is 79.0 cm³/mol. The van der Waals surface area contributed by atoms with Crippen molar-refractivity contribution in [3.8, 4) is 0 Å². The van der Waals surface area contributed by atoms with E-state index < -0.39 is 0 Å². The Morgan fingerprint density at radius 3 is 2.80 bits per heavy atom. The second-order valence-corrected chi connectivity index (χ2v) is 5.55. The van der Waals surface area contributed by atoms with Gasteiger partial charge in [-0.15, -0.1) is 11.3 Å². The van der Waals surface area contributed by atoms with Crippen LogP contribution in [0.1, 0.15) is 9.67 Å². The van der Waals surface area contributed by atoms with Crippen molar-refractivity contribution >= 4 is 23.2 Å². The van der Waals surface area contributed by atoms with E-state index in [9.17, 15) is 9.59 Å². The smallest absolute Gasteiger partial charge is 0.261 e. The van der Waals surface area contributed by atoms with Gasteiger partial charge in [0, 0.05) is 39.3 Å². The third kappa shape index (κ3) is 4.92. The number of nitrogens with zero attached hydrogens (tertiary/aromatic N) is 1. The summed E-state index contributed by atoms with van der Waals surface area (Å²) in [6.07, 6.45) is 0. The Balaban J connectivity index is 1.57. The fourth-order valence-corrected chi connectivity index (χ4v) is 2.65. The van der Waals surface area contributed by atoms with Gasteiger partial charge in [-0.3, -0.25) is 14.5 Å².